The molecule has 0 nitrogen and oxygen atoms in total. The van der Waals surface area contributed by atoms with Crippen molar-refractivity contribution in [2.45, 2.75) is 50.2 Å². The van der Waals surface area contributed by atoms with Crippen LogP contribution in [0.1, 0.15) is 44.9 Å². The van der Waals surface area contributed by atoms with Crippen LogP contribution in [0.3, 0.4) is 0 Å². The number of hydrogen-bond donors (Lipinski definition) is 0. The molecular weight excluding hydrogens is 183 g/mol. The highest BCUT2D eigenvalue weighted by Gasteiger charge is 2.25. The van der Waals surface area contributed by atoms with E-state index in [1.54, 1.807) is 11.7 Å². The molecule has 0 bridgehead atoms. The molecule has 0 N–H and O–H groups in total. The van der Waals surface area contributed by atoms with Gasteiger partial charge in [-0.15, -0.1) is 0 Å². The molecule has 0 amide bonds. The molecule has 1 atom stereocenters. The molecule has 78 valence electrons. The van der Waals surface area contributed by atoms with Crippen LogP contribution < -0.4 is 0 Å². The second-order valence-electron chi connectivity index (χ2n) is 4.07. The largest absolute Gasteiger partial charge is 0.185 e. The Bertz CT molecular complexity index is 157. The summed E-state index contributed by atoms with van der Waals surface area (Å²) in [5, 5.41) is 1.87. The van der Waals surface area contributed by atoms with E-state index in [2.05, 4.69) is 6.58 Å². The highest BCUT2D eigenvalue weighted by atomic mass is 32.3. The van der Waals surface area contributed by atoms with E-state index in [1.165, 1.54) is 32.1 Å². The van der Waals surface area contributed by atoms with E-state index in [0.717, 1.165) is 12.8 Å². The van der Waals surface area contributed by atoms with Gasteiger partial charge < -0.3 is 0 Å². The normalized spacial score (nSPS) is 28.2. The van der Waals surface area contributed by atoms with Crippen molar-refractivity contribution < 1.29 is 3.89 Å². The summed E-state index contributed by atoms with van der Waals surface area (Å²) >= 11 is 0. The maximum atomic E-state index is 14.0. The molecule has 0 saturated heterocycles. The van der Waals surface area contributed by atoms with Crippen LogP contribution >= 0.6 is 10.4 Å². The quantitative estimate of drug-likeness (QED) is 0.618. The second-order valence-corrected chi connectivity index (χ2v) is 6.95. The summed E-state index contributed by atoms with van der Waals surface area (Å²) in [4.78, 5) is 0. The Hall–Kier alpha value is 0.0200. The maximum absolute atomic E-state index is 14.0. The highest BCUT2D eigenvalue weighted by molar-refractivity contribution is 8.31. The summed E-state index contributed by atoms with van der Waals surface area (Å²) in [7, 11) is -2.00. The maximum Gasteiger partial charge on any atom is 0.0183 e. The summed E-state index contributed by atoms with van der Waals surface area (Å²) in [6.07, 6.45) is 10.3. The van der Waals surface area contributed by atoms with E-state index in [1.807, 2.05) is 0 Å². The molecule has 1 saturated carbocycles. The van der Waals surface area contributed by atoms with Crippen LogP contribution in [0.4, 0.5) is 3.89 Å². The fourth-order valence-electron chi connectivity index (χ4n) is 2.02. The van der Waals surface area contributed by atoms with Gasteiger partial charge in [0.2, 0.25) is 0 Å². The van der Waals surface area contributed by atoms with Gasteiger partial charge in [0.25, 0.3) is 0 Å². The smallest absolute Gasteiger partial charge is 0.0183 e. The molecular formula is C11H21FS. The molecule has 0 spiro atoms. The highest BCUT2D eigenvalue weighted by Crippen LogP contribution is 2.55. The third-order valence-electron chi connectivity index (χ3n) is 3.03. The molecule has 1 aliphatic rings. The lowest BCUT2D eigenvalue weighted by atomic mass is 10.0. The minimum atomic E-state index is -2.00. The standard InChI is InChI=1S/C11H21FS/c1-3-13(2,12)11-9-7-5-4-6-8-10-11/h3,11H,1,4-10H2,2H3. The van der Waals surface area contributed by atoms with Crippen molar-refractivity contribution in [3.8, 4) is 0 Å². The summed E-state index contributed by atoms with van der Waals surface area (Å²) in [5.41, 5.74) is 0. The van der Waals surface area contributed by atoms with Gasteiger partial charge in [-0.3, -0.25) is 0 Å². The third-order valence-corrected chi connectivity index (χ3v) is 5.46. The molecule has 0 heterocycles. The van der Waals surface area contributed by atoms with Crippen molar-refractivity contribution in [2.24, 2.45) is 0 Å². The number of halogens is 1. The number of rotatable bonds is 2. The average Bonchev–Trinajstić information content (AvgIpc) is 2.03. The van der Waals surface area contributed by atoms with Gasteiger partial charge in [-0.25, -0.2) is 0 Å². The molecule has 0 aromatic heterocycles. The second kappa shape index (κ2) is 5.04. The summed E-state index contributed by atoms with van der Waals surface area (Å²) in [5.74, 6) is 0. The first-order chi connectivity index (χ1) is 6.17. The van der Waals surface area contributed by atoms with Crippen LogP contribution in [-0.2, 0) is 0 Å². The van der Waals surface area contributed by atoms with E-state index in [0.29, 0.717) is 5.25 Å². The van der Waals surface area contributed by atoms with Crippen molar-refractivity contribution in [3.63, 3.8) is 0 Å². The van der Waals surface area contributed by atoms with Crippen molar-refractivity contribution in [3.05, 3.63) is 12.0 Å². The summed E-state index contributed by atoms with van der Waals surface area (Å²) < 4.78 is 14.0. The zero-order chi connectivity index (χ0) is 9.73. The Morgan fingerprint density at radius 3 is 2.08 bits per heavy atom. The predicted octanol–water partition coefficient (Wildman–Crippen LogP) is 4.56. The molecule has 0 radical (unpaired) electrons. The molecule has 1 fully saturated rings. The van der Waals surface area contributed by atoms with E-state index >= 15 is 0 Å². The van der Waals surface area contributed by atoms with Crippen LogP contribution in [0.2, 0.25) is 0 Å². The van der Waals surface area contributed by atoms with Crippen LogP contribution in [-0.4, -0.2) is 11.5 Å². The molecule has 0 aliphatic heterocycles. The van der Waals surface area contributed by atoms with Crippen molar-refractivity contribution in [1.29, 1.82) is 0 Å². The predicted molar refractivity (Wildman–Crippen MR) is 60.9 cm³/mol. The Morgan fingerprint density at radius 2 is 1.62 bits per heavy atom. The molecule has 1 unspecified atom stereocenters. The van der Waals surface area contributed by atoms with Gasteiger partial charge in [-0.2, -0.15) is 3.89 Å². The molecule has 0 aromatic carbocycles. The van der Waals surface area contributed by atoms with Crippen LogP contribution in [0.15, 0.2) is 12.0 Å². The first kappa shape index (κ1) is 11.1. The fraction of sp³-hybridized carbons (Fsp3) is 0.818. The Kier molecular flexibility index (Phi) is 4.30. The first-order valence-electron chi connectivity index (χ1n) is 5.26. The van der Waals surface area contributed by atoms with E-state index in [-0.39, 0.29) is 0 Å². The molecule has 13 heavy (non-hydrogen) atoms. The minimum Gasteiger partial charge on any atom is -0.185 e. The molecule has 1 aliphatic carbocycles. The van der Waals surface area contributed by atoms with E-state index in [4.69, 9.17) is 0 Å². The lowest BCUT2D eigenvalue weighted by Gasteiger charge is -2.33. The average molecular weight is 204 g/mol. The van der Waals surface area contributed by atoms with Gasteiger partial charge in [0.15, 0.2) is 0 Å². The Labute approximate surface area is 83.2 Å². The van der Waals surface area contributed by atoms with E-state index < -0.39 is 10.4 Å². The van der Waals surface area contributed by atoms with Crippen molar-refractivity contribution in [2.75, 3.05) is 6.26 Å². The SMILES string of the molecule is C=CS(C)(F)C1CCCCCCC1. The van der Waals surface area contributed by atoms with Crippen LogP contribution in [0, 0.1) is 0 Å². The lowest BCUT2D eigenvalue weighted by molar-refractivity contribution is 0.506. The van der Waals surface area contributed by atoms with Gasteiger partial charge in [-0.1, -0.05) is 49.1 Å². The zero-order valence-electron chi connectivity index (χ0n) is 8.60. The zero-order valence-corrected chi connectivity index (χ0v) is 9.41. The third kappa shape index (κ3) is 3.34. The Morgan fingerprint density at radius 1 is 1.15 bits per heavy atom. The molecule has 1 rings (SSSR count). The van der Waals surface area contributed by atoms with Gasteiger partial charge >= 0.3 is 0 Å². The lowest BCUT2D eigenvalue weighted by Crippen LogP contribution is -2.14. The van der Waals surface area contributed by atoms with Gasteiger partial charge in [0.1, 0.15) is 0 Å². The van der Waals surface area contributed by atoms with Gasteiger partial charge in [0.05, 0.1) is 0 Å². The molecule has 2 heteroatoms. The van der Waals surface area contributed by atoms with Crippen molar-refractivity contribution >= 4 is 10.4 Å². The van der Waals surface area contributed by atoms with Crippen molar-refractivity contribution in [1.82, 2.24) is 0 Å². The first-order valence-corrected chi connectivity index (χ1v) is 7.33. The Balaban J connectivity index is 2.50. The molecule has 0 aromatic rings. The monoisotopic (exact) mass is 204 g/mol. The number of hydrogen-bond acceptors (Lipinski definition) is 0. The minimum absolute atomic E-state index is 0.297. The van der Waals surface area contributed by atoms with Gasteiger partial charge in [0, 0.05) is 5.25 Å². The van der Waals surface area contributed by atoms with Gasteiger partial charge in [-0.05, 0) is 24.5 Å². The summed E-state index contributed by atoms with van der Waals surface area (Å²) in [6, 6.07) is 0. The van der Waals surface area contributed by atoms with Crippen LogP contribution in [0.5, 0.6) is 0 Å². The fourth-order valence-corrected chi connectivity index (χ4v) is 3.54. The topological polar surface area (TPSA) is 0 Å². The summed E-state index contributed by atoms with van der Waals surface area (Å²) in [6.45, 7) is 3.62. The van der Waals surface area contributed by atoms with E-state index in [9.17, 15) is 3.89 Å². The van der Waals surface area contributed by atoms with Crippen LogP contribution in [0.25, 0.3) is 0 Å².